The molecule has 0 aliphatic rings. The lowest BCUT2D eigenvalue weighted by molar-refractivity contribution is 0.508. The Labute approximate surface area is 108 Å². The molecule has 0 amide bonds. The van der Waals surface area contributed by atoms with Gasteiger partial charge in [-0.1, -0.05) is 6.07 Å². The lowest BCUT2D eigenvalue weighted by atomic mass is 10.2. The number of benzene rings is 2. The zero-order valence-electron chi connectivity index (χ0n) is 10.2. The van der Waals surface area contributed by atoms with Crippen LogP contribution >= 0.6 is 0 Å². The quantitative estimate of drug-likeness (QED) is 0.729. The zero-order valence-corrected chi connectivity index (χ0v) is 10.2. The van der Waals surface area contributed by atoms with Crippen LogP contribution in [0.3, 0.4) is 0 Å². The van der Waals surface area contributed by atoms with E-state index in [0.29, 0.717) is 11.2 Å². The van der Waals surface area contributed by atoms with Gasteiger partial charge in [-0.3, -0.25) is 4.57 Å². The van der Waals surface area contributed by atoms with Gasteiger partial charge in [-0.2, -0.15) is 0 Å². The van der Waals surface area contributed by atoms with Crippen LogP contribution < -0.4 is 5.73 Å². The normalized spacial score (nSPS) is 11.1. The Bertz CT molecular complexity index is 778. The van der Waals surface area contributed by atoms with Gasteiger partial charge in [0.1, 0.15) is 0 Å². The van der Waals surface area contributed by atoms with Crippen molar-refractivity contribution in [2.45, 2.75) is 6.92 Å². The monoisotopic (exact) mass is 259 g/mol. The predicted octanol–water partition coefficient (Wildman–Crippen LogP) is 3.19. The van der Waals surface area contributed by atoms with Crippen molar-refractivity contribution < 1.29 is 8.78 Å². The molecule has 0 unspecified atom stereocenters. The van der Waals surface area contributed by atoms with Crippen LogP contribution in [0.4, 0.5) is 14.7 Å². The summed E-state index contributed by atoms with van der Waals surface area (Å²) in [4.78, 5) is 4.21. The summed E-state index contributed by atoms with van der Waals surface area (Å²) < 4.78 is 27.9. The average Bonchev–Trinajstić information content (AvgIpc) is 2.68. The highest BCUT2D eigenvalue weighted by atomic mass is 19.2. The Kier molecular flexibility index (Phi) is 2.48. The fourth-order valence-electron chi connectivity index (χ4n) is 2.10. The fourth-order valence-corrected chi connectivity index (χ4v) is 2.10. The molecule has 1 aromatic heterocycles. The summed E-state index contributed by atoms with van der Waals surface area (Å²) >= 11 is 0. The Balaban J connectivity index is 2.31. The molecule has 0 aliphatic carbocycles. The number of fused-ring (bicyclic) bond motifs is 1. The van der Waals surface area contributed by atoms with Gasteiger partial charge >= 0.3 is 0 Å². The topological polar surface area (TPSA) is 43.8 Å². The lowest BCUT2D eigenvalue weighted by Gasteiger charge is -2.07. The summed E-state index contributed by atoms with van der Waals surface area (Å²) in [5.74, 6) is -1.55. The maximum Gasteiger partial charge on any atom is 0.205 e. The molecule has 2 aromatic carbocycles. The molecule has 0 bridgehead atoms. The molecule has 19 heavy (non-hydrogen) atoms. The van der Waals surface area contributed by atoms with Gasteiger partial charge in [0, 0.05) is 6.07 Å². The number of hydrogen-bond acceptors (Lipinski definition) is 2. The second-order valence-corrected chi connectivity index (χ2v) is 4.40. The maximum absolute atomic E-state index is 13.3. The molecule has 3 nitrogen and oxygen atoms in total. The number of nitrogens with zero attached hydrogens (tertiary/aromatic N) is 2. The highest BCUT2D eigenvalue weighted by Crippen LogP contribution is 2.24. The van der Waals surface area contributed by atoms with Crippen molar-refractivity contribution in [3.63, 3.8) is 0 Å². The summed E-state index contributed by atoms with van der Waals surface area (Å²) in [6, 6.07) is 9.32. The number of aromatic nitrogens is 2. The molecule has 1 heterocycles. The van der Waals surface area contributed by atoms with Crippen molar-refractivity contribution >= 4 is 17.0 Å². The molecule has 0 fully saturated rings. The lowest BCUT2D eigenvalue weighted by Crippen LogP contribution is -2.01. The minimum atomic E-state index is -0.911. The molecule has 0 radical (unpaired) electrons. The van der Waals surface area contributed by atoms with Crippen LogP contribution in [0.15, 0.2) is 36.4 Å². The van der Waals surface area contributed by atoms with Crippen molar-refractivity contribution in [2.75, 3.05) is 5.73 Å². The van der Waals surface area contributed by atoms with E-state index in [-0.39, 0.29) is 5.95 Å². The number of nitrogen functional groups attached to an aromatic ring is 1. The zero-order chi connectivity index (χ0) is 13.6. The molecule has 0 atom stereocenters. The minimum absolute atomic E-state index is 0.242. The molecule has 3 aromatic rings. The third-order valence-electron chi connectivity index (χ3n) is 3.00. The molecule has 0 saturated carbocycles. The van der Waals surface area contributed by atoms with E-state index in [9.17, 15) is 8.78 Å². The summed E-state index contributed by atoms with van der Waals surface area (Å²) in [5, 5.41) is 0. The minimum Gasteiger partial charge on any atom is -0.369 e. The van der Waals surface area contributed by atoms with Crippen LogP contribution in [-0.2, 0) is 0 Å². The molecular weight excluding hydrogens is 248 g/mol. The number of hydrogen-bond donors (Lipinski definition) is 1. The standard InChI is InChI=1S/C14H11F2N3/c1-8-2-5-12-13(6-8)19(14(17)18-12)9-3-4-10(15)11(16)7-9/h2-7H,1H3,(H2,17,18). The van der Waals surface area contributed by atoms with E-state index < -0.39 is 11.6 Å². The number of nitrogens with two attached hydrogens (primary N) is 1. The summed E-state index contributed by atoms with van der Waals surface area (Å²) in [6.45, 7) is 1.94. The Morgan fingerprint density at radius 2 is 1.84 bits per heavy atom. The van der Waals surface area contributed by atoms with Gasteiger partial charge in [-0.25, -0.2) is 13.8 Å². The number of anilines is 1. The van der Waals surface area contributed by atoms with E-state index in [1.807, 2.05) is 25.1 Å². The molecule has 0 saturated heterocycles. The summed E-state index contributed by atoms with van der Waals surface area (Å²) in [7, 11) is 0. The summed E-state index contributed by atoms with van der Waals surface area (Å²) in [6.07, 6.45) is 0. The van der Waals surface area contributed by atoms with Crippen molar-refractivity contribution in [3.8, 4) is 5.69 Å². The summed E-state index contributed by atoms with van der Waals surface area (Å²) in [5.41, 5.74) is 8.83. The SMILES string of the molecule is Cc1ccc2nc(N)n(-c3ccc(F)c(F)c3)c2c1. The number of aryl methyl sites for hydroxylation is 1. The van der Waals surface area contributed by atoms with E-state index in [0.717, 1.165) is 23.2 Å². The van der Waals surface area contributed by atoms with Crippen molar-refractivity contribution in [1.82, 2.24) is 9.55 Å². The highest BCUT2D eigenvalue weighted by Gasteiger charge is 2.12. The van der Waals surface area contributed by atoms with E-state index in [4.69, 9.17) is 5.73 Å². The molecule has 2 N–H and O–H groups in total. The molecular formula is C14H11F2N3. The van der Waals surface area contributed by atoms with Gasteiger partial charge < -0.3 is 5.73 Å². The Morgan fingerprint density at radius 1 is 1.05 bits per heavy atom. The average molecular weight is 259 g/mol. The first-order valence-electron chi connectivity index (χ1n) is 5.76. The van der Waals surface area contributed by atoms with Crippen LogP contribution in [0.2, 0.25) is 0 Å². The molecule has 0 aliphatic heterocycles. The number of halogens is 2. The first kappa shape index (κ1) is 11.6. The smallest absolute Gasteiger partial charge is 0.205 e. The number of imidazole rings is 1. The maximum atomic E-state index is 13.3. The second kappa shape index (κ2) is 4.05. The largest absolute Gasteiger partial charge is 0.369 e. The molecule has 5 heteroatoms. The third kappa shape index (κ3) is 1.83. The Morgan fingerprint density at radius 3 is 2.58 bits per heavy atom. The van der Waals surface area contributed by atoms with E-state index in [1.165, 1.54) is 6.07 Å². The van der Waals surface area contributed by atoms with E-state index in [2.05, 4.69) is 4.98 Å². The van der Waals surface area contributed by atoms with Crippen molar-refractivity contribution in [2.24, 2.45) is 0 Å². The molecule has 3 rings (SSSR count). The predicted molar refractivity (Wildman–Crippen MR) is 70.1 cm³/mol. The Hall–Kier alpha value is -2.43. The van der Waals surface area contributed by atoms with Crippen LogP contribution in [0.1, 0.15) is 5.56 Å². The van der Waals surface area contributed by atoms with Crippen LogP contribution in [0, 0.1) is 18.6 Å². The van der Waals surface area contributed by atoms with Crippen molar-refractivity contribution in [1.29, 1.82) is 0 Å². The van der Waals surface area contributed by atoms with E-state index >= 15 is 0 Å². The fraction of sp³-hybridized carbons (Fsp3) is 0.0714. The second-order valence-electron chi connectivity index (χ2n) is 4.40. The first-order valence-corrected chi connectivity index (χ1v) is 5.76. The van der Waals surface area contributed by atoms with Crippen LogP contribution in [-0.4, -0.2) is 9.55 Å². The third-order valence-corrected chi connectivity index (χ3v) is 3.00. The van der Waals surface area contributed by atoms with Gasteiger partial charge in [0.25, 0.3) is 0 Å². The van der Waals surface area contributed by atoms with Crippen molar-refractivity contribution in [3.05, 3.63) is 53.6 Å². The molecule has 96 valence electrons. The first-order chi connectivity index (χ1) is 9.06. The van der Waals surface area contributed by atoms with Gasteiger partial charge in [0.15, 0.2) is 11.6 Å². The molecule has 0 spiro atoms. The van der Waals surface area contributed by atoms with Gasteiger partial charge in [0.2, 0.25) is 5.95 Å². The van der Waals surface area contributed by atoms with Gasteiger partial charge in [0.05, 0.1) is 16.7 Å². The van der Waals surface area contributed by atoms with Gasteiger partial charge in [-0.15, -0.1) is 0 Å². The van der Waals surface area contributed by atoms with Gasteiger partial charge in [-0.05, 0) is 36.8 Å². The highest BCUT2D eigenvalue weighted by molar-refractivity contribution is 5.81. The van der Waals surface area contributed by atoms with Crippen LogP contribution in [0.25, 0.3) is 16.7 Å². The number of rotatable bonds is 1. The van der Waals surface area contributed by atoms with E-state index in [1.54, 1.807) is 4.57 Å². The van der Waals surface area contributed by atoms with Crippen LogP contribution in [0.5, 0.6) is 0 Å².